The average Bonchev–Trinajstić information content (AvgIpc) is 2.74. The van der Waals surface area contributed by atoms with Gasteiger partial charge in [-0.25, -0.2) is 0 Å². The third kappa shape index (κ3) is 3.19. The topological polar surface area (TPSA) is 12.0 Å². The second kappa shape index (κ2) is 5.65. The minimum absolute atomic E-state index is 0.580. The molecule has 88 valence electrons. The fourth-order valence-electron chi connectivity index (χ4n) is 2.18. The molecule has 0 amide bonds. The standard InChI is InChI=1S/C14H21NS/c1-3-13-6-7-14(16-13)5-4-12-10-11(2)8-9-15-12/h4-7,11-12,15H,3,8-10H2,1-2H3/b5-4+. The van der Waals surface area contributed by atoms with E-state index in [-0.39, 0.29) is 0 Å². The van der Waals surface area contributed by atoms with E-state index in [9.17, 15) is 0 Å². The van der Waals surface area contributed by atoms with Gasteiger partial charge in [-0.1, -0.05) is 19.9 Å². The predicted molar refractivity (Wildman–Crippen MR) is 72.9 cm³/mol. The summed E-state index contributed by atoms with van der Waals surface area (Å²) in [5, 5.41) is 3.56. The van der Waals surface area contributed by atoms with Gasteiger partial charge in [0.25, 0.3) is 0 Å². The van der Waals surface area contributed by atoms with E-state index in [1.807, 2.05) is 11.3 Å². The smallest absolute Gasteiger partial charge is 0.0270 e. The molecule has 2 heteroatoms. The van der Waals surface area contributed by atoms with Gasteiger partial charge in [-0.3, -0.25) is 0 Å². The molecule has 0 saturated carbocycles. The van der Waals surface area contributed by atoms with E-state index in [0.29, 0.717) is 6.04 Å². The number of aryl methyl sites for hydroxylation is 1. The van der Waals surface area contributed by atoms with Crippen molar-refractivity contribution in [1.82, 2.24) is 5.32 Å². The molecule has 0 aromatic carbocycles. The van der Waals surface area contributed by atoms with Crippen molar-refractivity contribution < 1.29 is 0 Å². The van der Waals surface area contributed by atoms with Gasteiger partial charge in [0.2, 0.25) is 0 Å². The first-order valence-electron chi connectivity index (χ1n) is 6.28. The zero-order valence-corrected chi connectivity index (χ0v) is 11.0. The molecule has 0 spiro atoms. The lowest BCUT2D eigenvalue weighted by Crippen LogP contribution is -2.35. The predicted octanol–water partition coefficient (Wildman–Crippen LogP) is 3.71. The molecule has 1 aromatic rings. The normalized spacial score (nSPS) is 26.4. The van der Waals surface area contributed by atoms with Crippen LogP contribution in [0.4, 0.5) is 0 Å². The van der Waals surface area contributed by atoms with Crippen molar-refractivity contribution >= 4 is 17.4 Å². The van der Waals surface area contributed by atoms with Gasteiger partial charge in [0.15, 0.2) is 0 Å². The monoisotopic (exact) mass is 235 g/mol. The molecule has 0 radical (unpaired) electrons. The van der Waals surface area contributed by atoms with Crippen LogP contribution in [0.15, 0.2) is 18.2 Å². The van der Waals surface area contributed by atoms with Crippen molar-refractivity contribution in [1.29, 1.82) is 0 Å². The highest BCUT2D eigenvalue weighted by molar-refractivity contribution is 7.12. The quantitative estimate of drug-likeness (QED) is 0.842. The van der Waals surface area contributed by atoms with Gasteiger partial charge in [-0.05, 0) is 49.9 Å². The molecule has 1 nitrogen and oxygen atoms in total. The molecular formula is C14H21NS. The molecule has 0 bridgehead atoms. The molecule has 16 heavy (non-hydrogen) atoms. The third-order valence-electron chi connectivity index (χ3n) is 3.22. The lowest BCUT2D eigenvalue weighted by molar-refractivity contribution is 0.357. The molecule has 2 atom stereocenters. The van der Waals surface area contributed by atoms with E-state index >= 15 is 0 Å². The van der Waals surface area contributed by atoms with Crippen molar-refractivity contribution in [2.24, 2.45) is 5.92 Å². The molecular weight excluding hydrogens is 214 g/mol. The Morgan fingerprint density at radius 3 is 3.06 bits per heavy atom. The van der Waals surface area contributed by atoms with Crippen molar-refractivity contribution in [3.8, 4) is 0 Å². The Hall–Kier alpha value is -0.600. The van der Waals surface area contributed by atoms with Crippen molar-refractivity contribution in [2.45, 2.75) is 39.2 Å². The molecule has 1 fully saturated rings. The summed E-state index contributed by atoms with van der Waals surface area (Å²) in [4.78, 5) is 2.86. The maximum absolute atomic E-state index is 3.56. The maximum atomic E-state index is 3.56. The molecule has 1 saturated heterocycles. The van der Waals surface area contributed by atoms with Crippen LogP contribution >= 0.6 is 11.3 Å². The molecule has 2 heterocycles. The molecule has 1 aliphatic rings. The number of hydrogen-bond acceptors (Lipinski definition) is 2. The lowest BCUT2D eigenvalue weighted by atomic mass is 9.94. The Morgan fingerprint density at radius 1 is 1.50 bits per heavy atom. The maximum Gasteiger partial charge on any atom is 0.0270 e. The molecule has 1 N–H and O–H groups in total. The minimum atomic E-state index is 0.580. The highest BCUT2D eigenvalue weighted by Gasteiger charge is 2.15. The van der Waals surface area contributed by atoms with Gasteiger partial charge in [0.05, 0.1) is 0 Å². The van der Waals surface area contributed by atoms with Gasteiger partial charge in [-0.2, -0.15) is 0 Å². The molecule has 2 rings (SSSR count). The molecule has 2 unspecified atom stereocenters. The molecule has 1 aliphatic heterocycles. The van der Waals surface area contributed by atoms with E-state index in [1.165, 1.54) is 29.1 Å². The third-order valence-corrected chi connectivity index (χ3v) is 4.42. The van der Waals surface area contributed by atoms with Crippen LogP contribution in [0.25, 0.3) is 6.08 Å². The number of rotatable bonds is 3. The fraction of sp³-hybridized carbons (Fsp3) is 0.571. The Balaban J connectivity index is 1.92. The molecule has 1 aromatic heterocycles. The summed E-state index contributed by atoms with van der Waals surface area (Å²) >= 11 is 1.91. The fourth-order valence-corrected chi connectivity index (χ4v) is 3.05. The van der Waals surface area contributed by atoms with Gasteiger partial charge in [0, 0.05) is 15.8 Å². The van der Waals surface area contributed by atoms with E-state index in [4.69, 9.17) is 0 Å². The van der Waals surface area contributed by atoms with E-state index in [1.54, 1.807) is 0 Å². The zero-order chi connectivity index (χ0) is 11.4. The Morgan fingerprint density at radius 2 is 2.38 bits per heavy atom. The number of hydrogen-bond donors (Lipinski definition) is 1. The van der Waals surface area contributed by atoms with Crippen LogP contribution in [0.5, 0.6) is 0 Å². The summed E-state index contributed by atoms with van der Waals surface area (Å²) in [6.07, 6.45) is 8.36. The van der Waals surface area contributed by atoms with Crippen LogP contribution in [0.2, 0.25) is 0 Å². The Kier molecular flexibility index (Phi) is 4.19. The SMILES string of the molecule is CCc1ccc(/C=C/C2CC(C)CCN2)s1. The Labute approximate surface area is 103 Å². The van der Waals surface area contributed by atoms with Crippen molar-refractivity contribution in [3.63, 3.8) is 0 Å². The lowest BCUT2D eigenvalue weighted by Gasteiger charge is -2.25. The van der Waals surface area contributed by atoms with Crippen LogP contribution in [0.3, 0.4) is 0 Å². The highest BCUT2D eigenvalue weighted by Crippen LogP contribution is 2.20. The second-order valence-electron chi connectivity index (χ2n) is 4.71. The summed E-state index contributed by atoms with van der Waals surface area (Å²) < 4.78 is 0. The molecule has 0 aliphatic carbocycles. The summed E-state index contributed by atoms with van der Waals surface area (Å²) in [5.41, 5.74) is 0. The Bertz CT molecular complexity index is 353. The van der Waals surface area contributed by atoms with Crippen LogP contribution < -0.4 is 5.32 Å². The van der Waals surface area contributed by atoms with Crippen molar-refractivity contribution in [3.05, 3.63) is 28.0 Å². The summed E-state index contributed by atoms with van der Waals surface area (Å²) in [6, 6.07) is 5.05. The first-order chi connectivity index (χ1) is 7.78. The van der Waals surface area contributed by atoms with Crippen LogP contribution in [0.1, 0.15) is 36.4 Å². The van der Waals surface area contributed by atoms with Gasteiger partial charge in [0.1, 0.15) is 0 Å². The van der Waals surface area contributed by atoms with Gasteiger partial charge < -0.3 is 5.32 Å². The summed E-state index contributed by atoms with van der Waals surface area (Å²) in [7, 11) is 0. The van der Waals surface area contributed by atoms with Gasteiger partial charge in [-0.15, -0.1) is 11.3 Å². The van der Waals surface area contributed by atoms with Crippen molar-refractivity contribution in [2.75, 3.05) is 6.54 Å². The first kappa shape index (κ1) is 11.9. The zero-order valence-electron chi connectivity index (χ0n) is 10.2. The second-order valence-corrected chi connectivity index (χ2v) is 5.91. The largest absolute Gasteiger partial charge is 0.310 e. The van der Waals surface area contributed by atoms with E-state index in [2.05, 4.69) is 43.4 Å². The number of nitrogens with one attached hydrogen (secondary N) is 1. The van der Waals surface area contributed by atoms with E-state index in [0.717, 1.165) is 12.3 Å². The van der Waals surface area contributed by atoms with Crippen LogP contribution in [-0.2, 0) is 6.42 Å². The van der Waals surface area contributed by atoms with Crippen LogP contribution in [-0.4, -0.2) is 12.6 Å². The van der Waals surface area contributed by atoms with Crippen LogP contribution in [0, 0.1) is 5.92 Å². The first-order valence-corrected chi connectivity index (χ1v) is 7.10. The summed E-state index contributed by atoms with van der Waals surface area (Å²) in [6.45, 7) is 5.73. The number of piperidine rings is 1. The van der Waals surface area contributed by atoms with Gasteiger partial charge >= 0.3 is 0 Å². The minimum Gasteiger partial charge on any atom is -0.310 e. The van der Waals surface area contributed by atoms with E-state index < -0.39 is 0 Å². The number of thiophene rings is 1. The highest BCUT2D eigenvalue weighted by atomic mass is 32.1. The summed E-state index contributed by atoms with van der Waals surface area (Å²) in [5.74, 6) is 0.866. The average molecular weight is 235 g/mol.